The second kappa shape index (κ2) is 8.11. The van der Waals surface area contributed by atoms with Crippen LogP contribution in [0.1, 0.15) is 42.6 Å². The lowest BCUT2D eigenvalue weighted by Gasteiger charge is -2.30. The average molecular weight is 318 g/mol. The normalized spacial score (nSPS) is 18.8. The highest BCUT2D eigenvalue weighted by molar-refractivity contribution is 5.94. The fraction of sp³-hybridized carbons (Fsp3) is 0.556. The highest BCUT2D eigenvalue weighted by Gasteiger charge is 2.25. The van der Waals surface area contributed by atoms with Crippen molar-refractivity contribution in [3.63, 3.8) is 0 Å². The van der Waals surface area contributed by atoms with Crippen molar-refractivity contribution in [3.05, 3.63) is 35.4 Å². The lowest BCUT2D eigenvalue weighted by atomic mass is 9.97. The minimum Gasteiger partial charge on any atom is -0.481 e. The molecule has 2 N–H and O–H groups in total. The van der Waals surface area contributed by atoms with Gasteiger partial charge in [0, 0.05) is 25.2 Å². The third-order valence-corrected chi connectivity index (χ3v) is 4.12. The first kappa shape index (κ1) is 17.5. The number of hydrogen-bond donors (Lipinski definition) is 2. The highest BCUT2D eigenvalue weighted by atomic mass is 16.4. The Morgan fingerprint density at radius 3 is 2.87 bits per heavy atom. The molecule has 0 bridgehead atoms. The number of amides is 1. The van der Waals surface area contributed by atoms with E-state index in [0.717, 1.165) is 24.9 Å². The monoisotopic (exact) mass is 318 g/mol. The number of likely N-dealkylation sites (tertiary alicyclic amines) is 1. The number of nitrogens with one attached hydrogen (secondary N) is 1. The van der Waals surface area contributed by atoms with Crippen LogP contribution in [0.4, 0.5) is 0 Å². The van der Waals surface area contributed by atoms with Crippen molar-refractivity contribution in [2.75, 3.05) is 19.6 Å². The molecule has 1 fully saturated rings. The van der Waals surface area contributed by atoms with Crippen LogP contribution in [-0.4, -0.2) is 41.5 Å². The van der Waals surface area contributed by atoms with E-state index < -0.39 is 5.97 Å². The van der Waals surface area contributed by atoms with Gasteiger partial charge >= 0.3 is 5.97 Å². The second-order valence-corrected chi connectivity index (χ2v) is 6.72. The van der Waals surface area contributed by atoms with Gasteiger partial charge in [0.2, 0.25) is 0 Å². The third kappa shape index (κ3) is 5.36. The molecule has 126 valence electrons. The van der Waals surface area contributed by atoms with Gasteiger partial charge in [0.25, 0.3) is 5.91 Å². The van der Waals surface area contributed by atoms with Gasteiger partial charge in [-0.05, 0) is 43.0 Å². The first-order valence-electron chi connectivity index (χ1n) is 8.28. The van der Waals surface area contributed by atoms with Crippen molar-refractivity contribution in [1.82, 2.24) is 10.2 Å². The molecule has 2 rings (SSSR count). The molecule has 1 unspecified atom stereocenters. The molecule has 0 aliphatic carbocycles. The molecular formula is C18H26N2O3. The first-order chi connectivity index (χ1) is 11.0. The topological polar surface area (TPSA) is 69.6 Å². The summed E-state index contributed by atoms with van der Waals surface area (Å²) >= 11 is 0. The number of carboxylic acid groups (broad SMARTS) is 1. The predicted octanol–water partition coefficient (Wildman–Crippen LogP) is 2.37. The zero-order valence-electron chi connectivity index (χ0n) is 13.9. The van der Waals surface area contributed by atoms with Gasteiger partial charge in [-0.2, -0.15) is 0 Å². The Hall–Kier alpha value is -1.88. The Bertz CT molecular complexity index is 557. The number of carboxylic acids is 1. The maximum Gasteiger partial charge on any atom is 0.307 e. The minimum absolute atomic E-state index is 0.0531. The zero-order chi connectivity index (χ0) is 16.8. The summed E-state index contributed by atoms with van der Waals surface area (Å²) in [6, 6.07) is 7.59. The molecule has 1 aliphatic rings. The number of carbonyl (C=O) groups is 2. The number of piperidine rings is 1. The summed E-state index contributed by atoms with van der Waals surface area (Å²) in [7, 11) is 0. The van der Waals surface area contributed by atoms with E-state index in [-0.39, 0.29) is 11.8 Å². The molecule has 5 nitrogen and oxygen atoms in total. The molecule has 1 aliphatic heterocycles. The Morgan fingerprint density at radius 1 is 1.39 bits per heavy atom. The molecule has 0 spiro atoms. The molecule has 0 saturated carbocycles. The average Bonchev–Trinajstić information content (AvgIpc) is 2.53. The van der Waals surface area contributed by atoms with Crippen LogP contribution in [-0.2, 0) is 11.3 Å². The smallest absolute Gasteiger partial charge is 0.307 e. The van der Waals surface area contributed by atoms with Gasteiger partial charge in [0.1, 0.15) is 0 Å². The van der Waals surface area contributed by atoms with Crippen LogP contribution in [0.25, 0.3) is 0 Å². The fourth-order valence-corrected chi connectivity index (χ4v) is 2.87. The summed E-state index contributed by atoms with van der Waals surface area (Å²) in [5.41, 5.74) is 1.71. The Labute approximate surface area is 137 Å². The lowest BCUT2D eigenvalue weighted by Crippen LogP contribution is -2.38. The largest absolute Gasteiger partial charge is 0.481 e. The maximum absolute atomic E-state index is 12.1. The van der Waals surface area contributed by atoms with Crippen molar-refractivity contribution in [2.24, 2.45) is 11.8 Å². The molecule has 0 aromatic heterocycles. The van der Waals surface area contributed by atoms with E-state index in [1.54, 1.807) is 0 Å². The van der Waals surface area contributed by atoms with Crippen molar-refractivity contribution >= 4 is 11.9 Å². The van der Waals surface area contributed by atoms with Crippen LogP contribution in [0.15, 0.2) is 24.3 Å². The van der Waals surface area contributed by atoms with Gasteiger partial charge in [-0.1, -0.05) is 26.0 Å². The van der Waals surface area contributed by atoms with E-state index in [9.17, 15) is 9.59 Å². The minimum atomic E-state index is -0.712. The SMILES string of the molecule is CC(C)CNC(=O)c1cccc(CN2CCCC(C(=O)O)C2)c1. The number of hydrogen-bond acceptors (Lipinski definition) is 3. The molecule has 1 aromatic carbocycles. The summed E-state index contributed by atoms with van der Waals surface area (Å²) < 4.78 is 0. The van der Waals surface area contributed by atoms with Crippen LogP contribution in [0, 0.1) is 11.8 Å². The zero-order valence-corrected chi connectivity index (χ0v) is 13.9. The quantitative estimate of drug-likeness (QED) is 0.845. The molecule has 5 heteroatoms. The summed E-state index contributed by atoms with van der Waals surface area (Å²) in [5.74, 6) is -0.621. The number of benzene rings is 1. The second-order valence-electron chi connectivity index (χ2n) is 6.72. The molecule has 0 radical (unpaired) electrons. The number of aliphatic carboxylic acids is 1. The van der Waals surface area contributed by atoms with Gasteiger partial charge in [-0.3, -0.25) is 14.5 Å². The van der Waals surface area contributed by atoms with E-state index in [1.807, 2.05) is 24.3 Å². The Morgan fingerprint density at radius 2 is 2.17 bits per heavy atom. The first-order valence-corrected chi connectivity index (χ1v) is 8.28. The van der Waals surface area contributed by atoms with Gasteiger partial charge < -0.3 is 10.4 Å². The van der Waals surface area contributed by atoms with E-state index in [0.29, 0.717) is 31.1 Å². The Balaban J connectivity index is 1.97. The number of carbonyl (C=O) groups excluding carboxylic acids is 1. The highest BCUT2D eigenvalue weighted by Crippen LogP contribution is 2.19. The summed E-state index contributed by atoms with van der Waals surface area (Å²) in [5, 5.41) is 12.1. The third-order valence-electron chi connectivity index (χ3n) is 4.12. The number of nitrogens with zero attached hydrogens (tertiary/aromatic N) is 1. The predicted molar refractivity (Wildman–Crippen MR) is 89.3 cm³/mol. The van der Waals surface area contributed by atoms with Gasteiger partial charge in [-0.25, -0.2) is 0 Å². The lowest BCUT2D eigenvalue weighted by molar-refractivity contribution is -0.143. The summed E-state index contributed by atoms with van der Waals surface area (Å²) in [6.07, 6.45) is 1.66. The molecule has 1 aromatic rings. The van der Waals surface area contributed by atoms with E-state index in [1.165, 1.54) is 0 Å². The van der Waals surface area contributed by atoms with Crippen molar-refractivity contribution in [3.8, 4) is 0 Å². The molecule has 1 heterocycles. The van der Waals surface area contributed by atoms with E-state index >= 15 is 0 Å². The van der Waals surface area contributed by atoms with Crippen LogP contribution in [0.2, 0.25) is 0 Å². The van der Waals surface area contributed by atoms with E-state index in [4.69, 9.17) is 5.11 Å². The van der Waals surface area contributed by atoms with Crippen molar-refractivity contribution < 1.29 is 14.7 Å². The van der Waals surface area contributed by atoms with Crippen LogP contribution >= 0.6 is 0 Å². The van der Waals surface area contributed by atoms with Crippen molar-refractivity contribution in [1.29, 1.82) is 0 Å². The van der Waals surface area contributed by atoms with Crippen molar-refractivity contribution in [2.45, 2.75) is 33.2 Å². The fourth-order valence-electron chi connectivity index (χ4n) is 2.87. The number of rotatable bonds is 6. The summed E-state index contributed by atoms with van der Waals surface area (Å²) in [4.78, 5) is 25.4. The summed E-state index contributed by atoms with van der Waals surface area (Å²) in [6.45, 7) is 6.97. The standard InChI is InChI=1S/C18H26N2O3/c1-13(2)10-19-17(21)15-6-3-5-14(9-15)11-20-8-4-7-16(12-20)18(22)23/h3,5-6,9,13,16H,4,7-8,10-12H2,1-2H3,(H,19,21)(H,22,23). The van der Waals surface area contributed by atoms with Gasteiger partial charge in [0.15, 0.2) is 0 Å². The molecule has 23 heavy (non-hydrogen) atoms. The Kier molecular flexibility index (Phi) is 6.16. The van der Waals surface area contributed by atoms with Crippen LogP contribution in [0.3, 0.4) is 0 Å². The van der Waals surface area contributed by atoms with E-state index in [2.05, 4.69) is 24.1 Å². The maximum atomic E-state index is 12.1. The van der Waals surface area contributed by atoms with Crippen LogP contribution in [0.5, 0.6) is 0 Å². The van der Waals surface area contributed by atoms with Gasteiger partial charge in [0.05, 0.1) is 5.92 Å². The molecule has 1 amide bonds. The molecule has 1 saturated heterocycles. The molecular weight excluding hydrogens is 292 g/mol. The van der Waals surface area contributed by atoms with Crippen LogP contribution < -0.4 is 5.32 Å². The molecule has 1 atom stereocenters. The van der Waals surface area contributed by atoms with Gasteiger partial charge in [-0.15, -0.1) is 0 Å².